The van der Waals surface area contributed by atoms with Crippen molar-refractivity contribution in [3.05, 3.63) is 53.7 Å². The smallest absolute Gasteiger partial charge is 0.343 e. The molecule has 2 aromatic carbocycles. The van der Waals surface area contributed by atoms with Gasteiger partial charge in [-0.05, 0) is 70.2 Å². The fourth-order valence-electron chi connectivity index (χ4n) is 6.24. The molecule has 0 spiro atoms. The van der Waals surface area contributed by atoms with E-state index in [0.717, 1.165) is 64.2 Å². The highest BCUT2D eigenvalue weighted by Crippen LogP contribution is 2.39. The first-order chi connectivity index (χ1) is 22.1. The molecule has 46 heavy (non-hydrogen) atoms. The van der Waals surface area contributed by atoms with Crippen LogP contribution in [0, 0.1) is 0 Å². The van der Waals surface area contributed by atoms with Crippen LogP contribution in [0.4, 0.5) is 28.8 Å². The number of para-hydroxylation sites is 1. The lowest BCUT2D eigenvalue weighted by atomic mass is 9.99. The van der Waals surface area contributed by atoms with Gasteiger partial charge in [0.25, 0.3) is 0 Å². The molecule has 2 aliphatic heterocycles. The SMILES string of the molecule is CCc1cc(Nc2ncc(C(=O)OC(C)C)c(Nc3ccccc3P(C)(C)=O)n2)c(OC)cc1N1CCC(N2CCNCC2)CC1. The fraction of sp³-hybridized carbons (Fsp3) is 0.500. The highest BCUT2D eigenvalue weighted by atomic mass is 31.2. The number of methoxy groups -OCH3 is 1. The van der Waals surface area contributed by atoms with E-state index in [2.05, 4.69) is 49.8 Å². The van der Waals surface area contributed by atoms with Gasteiger partial charge >= 0.3 is 5.97 Å². The van der Waals surface area contributed by atoms with Crippen molar-refractivity contribution in [3.63, 3.8) is 0 Å². The minimum atomic E-state index is -2.63. The van der Waals surface area contributed by atoms with Crippen LogP contribution in [0.5, 0.6) is 5.75 Å². The third kappa shape index (κ3) is 8.00. The number of piperidine rings is 1. The number of esters is 1. The minimum Gasteiger partial charge on any atom is -0.494 e. The van der Waals surface area contributed by atoms with Crippen molar-refractivity contribution in [2.75, 3.05) is 75.2 Å². The van der Waals surface area contributed by atoms with Gasteiger partial charge in [0.2, 0.25) is 5.95 Å². The van der Waals surface area contributed by atoms with Crippen molar-refractivity contribution in [1.82, 2.24) is 20.2 Å². The molecule has 2 fully saturated rings. The van der Waals surface area contributed by atoms with E-state index in [4.69, 9.17) is 14.5 Å². The summed E-state index contributed by atoms with van der Waals surface area (Å²) in [6.07, 6.45) is 4.28. The standard InChI is InChI=1S/C34H48N7O4P/c1-7-24-20-28(30(44-4)21-29(24)41-16-12-25(13-17-41)40-18-14-35-15-19-40)38-34-36-22-26(33(42)45-23(2)3)32(39-34)37-27-10-8-9-11-31(27)46(5,6)43/h8-11,20-23,25,35H,7,12-19H2,1-6H3,(H2,36,37,38,39). The van der Waals surface area contributed by atoms with Crippen molar-refractivity contribution >= 4 is 47.2 Å². The topological polar surface area (TPSA) is 121 Å². The number of nitrogens with one attached hydrogen (secondary N) is 3. The molecule has 0 unspecified atom stereocenters. The number of carbonyl (C=O) groups is 1. The number of anilines is 5. The van der Waals surface area contributed by atoms with Gasteiger partial charge in [-0.15, -0.1) is 0 Å². The zero-order valence-electron chi connectivity index (χ0n) is 27.9. The first-order valence-corrected chi connectivity index (χ1v) is 18.8. The predicted octanol–water partition coefficient (Wildman–Crippen LogP) is 5.22. The van der Waals surface area contributed by atoms with Crippen LogP contribution in [0.2, 0.25) is 0 Å². The number of benzene rings is 2. The number of hydrogen-bond acceptors (Lipinski definition) is 11. The summed E-state index contributed by atoms with van der Waals surface area (Å²) in [6, 6.07) is 12.2. The van der Waals surface area contributed by atoms with E-state index in [-0.39, 0.29) is 23.4 Å². The minimum absolute atomic E-state index is 0.178. The van der Waals surface area contributed by atoms with E-state index in [0.29, 0.717) is 22.8 Å². The second kappa shape index (κ2) is 14.8. The van der Waals surface area contributed by atoms with Crippen LogP contribution in [-0.4, -0.2) is 92.7 Å². The molecule has 0 aliphatic carbocycles. The summed E-state index contributed by atoms with van der Waals surface area (Å²) in [5, 5.41) is 10.7. The monoisotopic (exact) mass is 649 g/mol. The Kier molecular flexibility index (Phi) is 10.9. The molecule has 0 amide bonds. The average molecular weight is 650 g/mol. The van der Waals surface area contributed by atoms with Gasteiger partial charge in [0, 0.05) is 68.6 Å². The molecule has 2 saturated heterocycles. The lowest BCUT2D eigenvalue weighted by molar-refractivity contribution is 0.0378. The van der Waals surface area contributed by atoms with Gasteiger partial charge in [-0.2, -0.15) is 4.98 Å². The Morgan fingerprint density at radius 2 is 1.78 bits per heavy atom. The number of rotatable bonds is 11. The Hall–Kier alpha value is -3.66. The molecule has 248 valence electrons. The predicted molar refractivity (Wildman–Crippen MR) is 187 cm³/mol. The Labute approximate surface area is 272 Å². The Balaban J connectivity index is 1.42. The summed E-state index contributed by atoms with van der Waals surface area (Å²) in [6.45, 7) is 15.6. The van der Waals surface area contributed by atoms with E-state index in [1.165, 1.54) is 17.4 Å². The fourth-order valence-corrected chi connectivity index (χ4v) is 7.39. The molecule has 0 saturated carbocycles. The Morgan fingerprint density at radius 1 is 1.07 bits per heavy atom. The number of ether oxygens (including phenoxy) is 2. The second-order valence-electron chi connectivity index (χ2n) is 12.6. The zero-order chi connectivity index (χ0) is 32.8. The van der Waals surface area contributed by atoms with E-state index in [1.54, 1.807) is 34.3 Å². The normalized spacial score (nSPS) is 16.4. The molecular weight excluding hydrogens is 601 g/mol. The number of piperazine rings is 1. The lowest BCUT2D eigenvalue weighted by Crippen LogP contribution is -2.52. The maximum absolute atomic E-state index is 13.1. The lowest BCUT2D eigenvalue weighted by Gasteiger charge is -2.41. The quantitative estimate of drug-likeness (QED) is 0.187. The zero-order valence-corrected chi connectivity index (χ0v) is 28.8. The number of carbonyl (C=O) groups excluding carboxylic acids is 1. The molecular formula is C34H48N7O4P. The third-order valence-corrected chi connectivity index (χ3v) is 10.1. The highest BCUT2D eigenvalue weighted by Gasteiger charge is 2.27. The van der Waals surface area contributed by atoms with Crippen molar-refractivity contribution in [2.24, 2.45) is 0 Å². The van der Waals surface area contributed by atoms with Gasteiger partial charge in [0.1, 0.15) is 18.5 Å². The van der Waals surface area contributed by atoms with E-state index < -0.39 is 13.1 Å². The van der Waals surface area contributed by atoms with E-state index >= 15 is 0 Å². The van der Waals surface area contributed by atoms with Crippen LogP contribution < -0.4 is 30.9 Å². The van der Waals surface area contributed by atoms with Crippen LogP contribution in [0.15, 0.2) is 42.6 Å². The van der Waals surface area contributed by atoms with Crippen molar-refractivity contribution in [1.29, 1.82) is 0 Å². The van der Waals surface area contributed by atoms with Gasteiger partial charge in [0.05, 0.1) is 24.6 Å². The maximum atomic E-state index is 13.1. The summed E-state index contributed by atoms with van der Waals surface area (Å²) in [5.41, 5.74) is 3.91. The van der Waals surface area contributed by atoms with Gasteiger partial charge in [-0.1, -0.05) is 19.1 Å². The maximum Gasteiger partial charge on any atom is 0.343 e. The molecule has 2 aliphatic rings. The summed E-state index contributed by atoms with van der Waals surface area (Å²) in [4.78, 5) is 27.4. The molecule has 5 rings (SSSR count). The molecule has 0 bridgehead atoms. The summed E-state index contributed by atoms with van der Waals surface area (Å²) in [7, 11) is -0.969. The van der Waals surface area contributed by atoms with Crippen LogP contribution >= 0.6 is 7.14 Å². The van der Waals surface area contributed by atoms with Gasteiger partial charge in [0.15, 0.2) is 5.82 Å². The van der Waals surface area contributed by atoms with Crippen molar-refractivity contribution in [3.8, 4) is 5.75 Å². The van der Waals surface area contributed by atoms with Crippen LogP contribution in [0.3, 0.4) is 0 Å². The number of nitrogens with zero attached hydrogens (tertiary/aromatic N) is 4. The highest BCUT2D eigenvalue weighted by molar-refractivity contribution is 7.70. The molecule has 3 aromatic rings. The summed E-state index contributed by atoms with van der Waals surface area (Å²) in [5.74, 6) is 0.666. The Bertz CT molecular complexity index is 1560. The number of aryl methyl sites for hydroxylation is 1. The average Bonchev–Trinajstić information content (AvgIpc) is 3.04. The molecule has 11 nitrogen and oxygen atoms in total. The second-order valence-corrected chi connectivity index (χ2v) is 15.8. The molecule has 3 heterocycles. The molecule has 12 heteroatoms. The summed E-state index contributed by atoms with van der Waals surface area (Å²) < 4.78 is 24.4. The first kappa shape index (κ1) is 33.7. The van der Waals surface area contributed by atoms with E-state index in [9.17, 15) is 9.36 Å². The van der Waals surface area contributed by atoms with Crippen molar-refractivity contribution in [2.45, 2.75) is 52.2 Å². The van der Waals surface area contributed by atoms with E-state index in [1.807, 2.05) is 24.3 Å². The molecule has 1 aromatic heterocycles. The first-order valence-electron chi connectivity index (χ1n) is 16.2. The van der Waals surface area contributed by atoms with Crippen molar-refractivity contribution < 1.29 is 18.8 Å². The van der Waals surface area contributed by atoms with Crippen LogP contribution in [0.1, 0.15) is 49.5 Å². The summed E-state index contributed by atoms with van der Waals surface area (Å²) >= 11 is 0. The molecule has 3 N–H and O–H groups in total. The van der Waals surface area contributed by atoms with Crippen LogP contribution in [0.25, 0.3) is 0 Å². The number of hydrogen-bond donors (Lipinski definition) is 3. The van der Waals surface area contributed by atoms with Crippen LogP contribution in [-0.2, 0) is 15.7 Å². The molecule has 0 radical (unpaired) electrons. The third-order valence-electron chi connectivity index (χ3n) is 8.59. The molecule has 0 atom stereocenters. The number of aromatic nitrogens is 2. The largest absolute Gasteiger partial charge is 0.494 e. The van der Waals surface area contributed by atoms with Gasteiger partial charge in [-0.3, -0.25) is 4.90 Å². The van der Waals surface area contributed by atoms with Gasteiger partial charge < -0.3 is 34.9 Å². The van der Waals surface area contributed by atoms with Gasteiger partial charge in [-0.25, -0.2) is 9.78 Å². The Morgan fingerprint density at radius 3 is 2.43 bits per heavy atom.